The Bertz CT molecular complexity index is 767. The fraction of sp³-hybridized carbons (Fsp3) is 0.238. The maximum Gasteiger partial charge on any atom is 0.166 e. The topological polar surface area (TPSA) is 34.1 Å². The van der Waals surface area contributed by atoms with Crippen LogP contribution in [0.1, 0.15) is 57.2 Å². The summed E-state index contributed by atoms with van der Waals surface area (Å²) >= 11 is 0. The molecular weight excluding hydrogens is 284 g/mol. The number of hydrogen-bond acceptors (Lipinski definition) is 2. The molecule has 0 atom stereocenters. The van der Waals surface area contributed by atoms with Crippen LogP contribution in [-0.2, 0) is 12.8 Å². The van der Waals surface area contributed by atoms with E-state index in [1.54, 1.807) is 0 Å². The molecule has 0 saturated heterocycles. The van der Waals surface area contributed by atoms with Gasteiger partial charge in [0.25, 0.3) is 0 Å². The van der Waals surface area contributed by atoms with E-state index >= 15 is 0 Å². The zero-order chi connectivity index (χ0) is 16.2. The van der Waals surface area contributed by atoms with Crippen LogP contribution in [-0.4, -0.2) is 11.6 Å². The van der Waals surface area contributed by atoms with Crippen LogP contribution in [0, 0.1) is 0 Å². The van der Waals surface area contributed by atoms with E-state index in [1.165, 1.54) is 5.56 Å². The van der Waals surface area contributed by atoms with Gasteiger partial charge in [-0.2, -0.15) is 0 Å². The van der Waals surface area contributed by atoms with E-state index < -0.39 is 0 Å². The molecule has 0 aliphatic heterocycles. The monoisotopic (exact) mass is 304 g/mol. The number of allylic oxidation sites excluding steroid dienone is 1. The van der Waals surface area contributed by atoms with E-state index in [2.05, 4.69) is 6.92 Å². The van der Waals surface area contributed by atoms with Gasteiger partial charge in [-0.3, -0.25) is 9.59 Å². The van der Waals surface area contributed by atoms with Crippen LogP contribution in [0.25, 0.3) is 6.08 Å². The molecule has 0 aromatic heterocycles. The van der Waals surface area contributed by atoms with Crippen LogP contribution >= 0.6 is 0 Å². The van der Waals surface area contributed by atoms with Crippen molar-refractivity contribution in [3.63, 3.8) is 0 Å². The summed E-state index contributed by atoms with van der Waals surface area (Å²) in [6.45, 7) is 2.10. The molecule has 0 heterocycles. The van der Waals surface area contributed by atoms with Gasteiger partial charge in [0, 0.05) is 24.0 Å². The van der Waals surface area contributed by atoms with Gasteiger partial charge in [-0.25, -0.2) is 0 Å². The molecule has 1 aliphatic rings. The molecule has 0 bridgehead atoms. The minimum Gasteiger partial charge on any atom is -0.294 e. The number of fused-ring (bicyclic) bond motifs is 1. The van der Waals surface area contributed by atoms with Crippen LogP contribution in [0.3, 0.4) is 0 Å². The van der Waals surface area contributed by atoms with Gasteiger partial charge >= 0.3 is 0 Å². The number of benzene rings is 2. The highest BCUT2D eigenvalue weighted by atomic mass is 16.1. The standard InChI is InChI=1S/C21H20O2/c1-2-15-6-10-18(11-7-15)20(22)5-3-4-16-8-9-17-12-13-21(23)19(17)14-16/h3-4,6-11,14H,2,5,12-13H2,1H3. The molecule has 2 nitrogen and oxygen atoms in total. The molecule has 0 saturated carbocycles. The van der Waals surface area contributed by atoms with E-state index in [0.29, 0.717) is 12.8 Å². The van der Waals surface area contributed by atoms with Crippen LogP contribution in [0.5, 0.6) is 0 Å². The Morgan fingerprint density at radius 3 is 2.61 bits per heavy atom. The number of aryl methyl sites for hydroxylation is 2. The first kappa shape index (κ1) is 15.4. The molecule has 2 heteroatoms. The predicted molar refractivity (Wildman–Crippen MR) is 92.9 cm³/mol. The number of ketones is 2. The molecule has 0 radical (unpaired) electrons. The van der Waals surface area contributed by atoms with Gasteiger partial charge in [0.2, 0.25) is 0 Å². The third kappa shape index (κ3) is 3.48. The maximum atomic E-state index is 12.2. The lowest BCUT2D eigenvalue weighted by atomic mass is 10.0. The van der Waals surface area contributed by atoms with Gasteiger partial charge in [-0.05, 0) is 35.6 Å². The van der Waals surface area contributed by atoms with Gasteiger partial charge in [-0.1, -0.05) is 55.5 Å². The Morgan fingerprint density at radius 2 is 1.87 bits per heavy atom. The average Bonchev–Trinajstić information content (AvgIpc) is 2.96. The second kappa shape index (κ2) is 6.74. The van der Waals surface area contributed by atoms with E-state index in [9.17, 15) is 9.59 Å². The van der Waals surface area contributed by atoms with Crippen LogP contribution in [0.4, 0.5) is 0 Å². The summed E-state index contributed by atoms with van der Waals surface area (Å²) in [5.74, 6) is 0.337. The van der Waals surface area contributed by atoms with E-state index in [0.717, 1.165) is 35.1 Å². The van der Waals surface area contributed by atoms with E-state index in [1.807, 2.05) is 54.6 Å². The lowest BCUT2D eigenvalue weighted by Crippen LogP contribution is -1.97. The third-order valence-electron chi connectivity index (χ3n) is 4.35. The number of hydrogen-bond donors (Lipinski definition) is 0. The number of Topliss-reactive ketones (excluding diaryl/α,β-unsaturated/α-hetero) is 2. The van der Waals surface area contributed by atoms with Crippen molar-refractivity contribution in [3.05, 3.63) is 76.4 Å². The molecule has 2 aromatic rings. The van der Waals surface area contributed by atoms with Crippen molar-refractivity contribution >= 4 is 17.6 Å². The summed E-state index contributed by atoms with van der Waals surface area (Å²) in [5, 5.41) is 0. The highest BCUT2D eigenvalue weighted by molar-refractivity contribution is 6.01. The quantitative estimate of drug-likeness (QED) is 0.753. The fourth-order valence-corrected chi connectivity index (χ4v) is 2.90. The first-order valence-electron chi connectivity index (χ1n) is 8.12. The predicted octanol–water partition coefficient (Wildman–Crippen LogP) is 4.66. The number of carbonyl (C=O) groups excluding carboxylic acids is 2. The Labute approximate surface area is 136 Å². The Kier molecular flexibility index (Phi) is 4.52. The molecule has 0 N–H and O–H groups in total. The molecule has 0 unspecified atom stereocenters. The molecule has 1 aliphatic carbocycles. The van der Waals surface area contributed by atoms with Gasteiger partial charge in [-0.15, -0.1) is 0 Å². The lowest BCUT2D eigenvalue weighted by Gasteiger charge is -2.01. The van der Waals surface area contributed by atoms with Crippen molar-refractivity contribution in [2.45, 2.75) is 32.6 Å². The van der Waals surface area contributed by atoms with Crippen molar-refractivity contribution in [2.75, 3.05) is 0 Å². The third-order valence-corrected chi connectivity index (χ3v) is 4.35. The van der Waals surface area contributed by atoms with Gasteiger partial charge < -0.3 is 0 Å². The second-order valence-electron chi connectivity index (χ2n) is 5.92. The Morgan fingerprint density at radius 1 is 1.09 bits per heavy atom. The minimum atomic E-state index is 0.112. The Balaban J connectivity index is 1.65. The molecule has 3 rings (SSSR count). The zero-order valence-electron chi connectivity index (χ0n) is 13.3. The lowest BCUT2D eigenvalue weighted by molar-refractivity contribution is 0.0987. The summed E-state index contributed by atoms with van der Waals surface area (Å²) < 4.78 is 0. The average molecular weight is 304 g/mol. The summed E-state index contributed by atoms with van der Waals surface area (Å²) in [5.41, 5.74) is 4.94. The van der Waals surface area contributed by atoms with Gasteiger partial charge in [0.1, 0.15) is 0 Å². The Hall–Kier alpha value is -2.48. The van der Waals surface area contributed by atoms with Crippen molar-refractivity contribution < 1.29 is 9.59 Å². The van der Waals surface area contributed by atoms with Gasteiger partial charge in [0.15, 0.2) is 11.6 Å². The highest BCUT2D eigenvalue weighted by Crippen LogP contribution is 2.23. The summed E-state index contributed by atoms with van der Waals surface area (Å²) in [7, 11) is 0. The molecule has 0 amide bonds. The number of carbonyl (C=O) groups is 2. The summed E-state index contributed by atoms with van der Waals surface area (Å²) in [6.07, 6.45) is 6.61. The van der Waals surface area contributed by atoms with Crippen molar-refractivity contribution in [1.29, 1.82) is 0 Å². The highest BCUT2D eigenvalue weighted by Gasteiger charge is 2.18. The minimum absolute atomic E-state index is 0.112. The second-order valence-corrected chi connectivity index (χ2v) is 5.92. The fourth-order valence-electron chi connectivity index (χ4n) is 2.90. The molecule has 23 heavy (non-hydrogen) atoms. The van der Waals surface area contributed by atoms with Crippen LogP contribution < -0.4 is 0 Å². The van der Waals surface area contributed by atoms with Gasteiger partial charge in [0.05, 0.1) is 0 Å². The smallest absolute Gasteiger partial charge is 0.166 e. The number of rotatable bonds is 5. The van der Waals surface area contributed by atoms with Crippen molar-refractivity contribution in [2.24, 2.45) is 0 Å². The normalized spacial score (nSPS) is 13.5. The summed E-state index contributed by atoms with van der Waals surface area (Å²) in [4.78, 5) is 23.9. The van der Waals surface area contributed by atoms with Crippen molar-refractivity contribution in [1.82, 2.24) is 0 Å². The largest absolute Gasteiger partial charge is 0.294 e. The summed E-state index contributed by atoms with van der Waals surface area (Å²) in [6, 6.07) is 13.7. The first-order valence-corrected chi connectivity index (χ1v) is 8.12. The van der Waals surface area contributed by atoms with Crippen molar-refractivity contribution in [3.8, 4) is 0 Å². The zero-order valence-corrected chi connectivity index (χ0v) is 13.3. The van der Waals surface area contributed by atoms with Crippen LogP contribution in [0.2, 0.25) is 0 Å². The maximum absolute atomic E-state index is 12.2. The SMILES string of the molecule is CCc1ccc(C(=O)CC=Cc2ccc3c(c2)C(=O)CC3)cc1. The molecule has 2 aromatic carbocycles. The van der Waals surface area contributed by atoms with E-state index in [-0.39, 0.29) is 11.6 Å². The molecule has 0 fully saturated rings. The van der Waals surface area contributed by atoms with E-state index in [4.69, 9.17) is 0 Å². The first-order chi connectivity index (χ1) is 11.2. The van der Waals surface area contributed by atoms with Crippen LogP contribution in [0.15, 0.2) is 48.5 Å². The molecule has 0 spiro atoms. The molecule has 116 valence electrons. The molecular formula is C21H20O2.